The maximum Gasteiger partial charge on any atom is 0.157 e. The third-order valence-corrected chi connectivity index (χ3v) is 10.3. The molecule has 4 aliphatic rings. The lowest BCUT2D eigenvalue weighted by atomic mass is 9.48. The van der Waals surface area contributed by atoms with Crippen LogP contribution in [0.1, 0.15) is 84.1 Å². The summed E-state index contributed by atoms with van der Waals surface area (Å²) in [5, 5.41) is 13.3. The number of carbonyl (C=O) groups excluding carboxylic acids is 1. The van der Waals surface area contributed by atoms with Gasteiger partial charge in [-0.15, -0.1) is 0 Å². The van der Waals surface area contributed by atoms with E-state index in [0.29, 0.717) is 23.8 Å². The number of hydrogen-bond donors (Lipinski definition) is 0. The zero-order valence-electron chi connectivity index (χ0n) is 19.6. The van der Waals surface area contributed by atoms with E-state index in [4.69, 9.17) is 5.26 Å². The van der Waals surface area contributed by atoms with E-state index in [0.717, 1.165) is 41.9 Å². The maximum atomic E-state index is 13.5. The first-order valence-electron chi connectivity index (χ1n) is 12.9. The molecular formula is C27H39N3O. The van der Waals surface area contributed by atoms with E-state index in [1.807, 2.05) is 0 Å². The molecule has 0 aromatic carbocycles. The fraction of sp³-hybridized carbons (Fsp3) is 0.815. The van der Waals surface area contributed by atoms with Gasteiger partial charge in [0.15, 0.2) is 5.78 Å². The van der Waals surface area contributed by atoms with Gasteiger partial charge in [0.05, 0.1) is 18.3 Å². The Kier molecular flexibility index (Phi) is 5.51. The monoisotopic (exact) mass is 421 g/mol. The minimum atomic E-state index is 0.152. The van der Waals surface area contributed by atoms with Crippen LogP contribution in [0.25, 0.3) is 0 Å². The van der Waals surface area contributed by atoms with Gasteiger partial charge in [-0.3, -0.25) is 9.48 Å². The van der Waals surface area contributed by atoms with Crippen LogP contribution in [0.15, 0.2) is 12.4 Å². The summed E-state index contributed by atoms with van der Waals surface area (Å²) in [5.74, 6) is 6.52. The highest BCUT2D eigenvalue weighted by molar-refractivity contribution is 5.82. The summed E-state index contributed by atoms with van der Waals surface area (Å²) >= 11 is 0. The summed E-state index contributed by atoms with van der Waals surface area (Å²) in [5.41, 5.74) is 0.688. The molecule has 0 N–H and O–H groups in total. The van der Waals surface area contributed by atoms with E-state index in [2.05, 4.69) is 31.9 Å². The Balaban J connectivity index is 1.37. The second-order valence-corrected chi connectivity index (χ2v) is 11.8. The zero-order chi connectivity index (χ0) is 21.8. The van der Waals surface area contributed by atoms with Gasteiger partial charge in [-0.25, -0.2) is 0 Å². The highest BCUT2D eigenvalue weighted by atomic mass is 16.1. The first-order valence-corrected chi connectivity index (χ1v) is 12.9. The summed E-state index contributed by atoms with van der Waals surface area (Å²) in [6.45, 7) is 7.59. The smallest absolute Gasteiger partial charge is 0.157 e. The predicted octanol–water partition coefficient (Wildman–Crippen LogP) is 5.86. The lowest BCUT2D eigenvalue weighted by Gasteiger charge is -2.57. The Morgan fingerprint density at radius 2 is 2.00 bits per heavy atom. The molecule has 4 aliphatic carbocycles. The Hall–Kier alpha value is -1.63. The molecule has 1 aromatic rings. The van der Waals surface area contributed by atoms with Gasteiger partial charge in [-0.2, -0.15) is 10.4 Å². The molecule has 168 valence electrons. The lowest BCUT2D eigenvalue weighted by Crippen LogP contribution is -2.50. The number of carbonyl (C=O) groups is 1. The minimum absolute atomic E-state index is 0.152. The predicted molar refractivity (Wildman–Crippen MR) is 121 cm³/mol. The Bertz CT molecular complexity index is 868. The van der Waals surface area contributed by atoms with Crippen LogP contribution in [-0.4, -0.2) is 15.6 Å². The molecule has 0 aliphatic heterocycles. The van der Waals surface area contributed by atoms with Crippen LogP contribution in [0.2, 0.25) is 0 Å². The van der Waals surface area contributed by atoms with Gasteiger partial charge in [0, 0.05) is 12.1 Å². The third kappa shape index (κ3) is 3.47. The first kappa shape index (κ1) is 21.2. The summed E-state index contributed by atoms with van der Waals surface area (Å²) in [6, 6.07) is 2.12. The number of ketones is 1. The van der Waals surface area contributed by atoms with Crippen molar-refractivity contribution in [3.8, 4) is 6.07 Å². The van der Waals surface area contributed by atoms with E-state index in [9.17, 15) is 4.79 Å². The number of rotatable bonds is 4. The van der Waals surface area contributed by atoms with Gasteiger partial charge >= 0.3 is 0 Å². The van der Waals surface area contributed by atoms with E-state index in [1.165, 1.54) is 51.4 Å². The molecular weight excluding hydrogens is 382 g/mol. The van der Waals surface area contributed by atoms with Crippen LogP contribution in [-0.2, 0) is 11.3 Å². The van der Waals surface area contributed by atoms with Gasteiger partial charge in [0.25, 0.3) is 0 Å². The summed E-state index contributed by atoms with van der Waals surface area (Å²) in [7, 11) is 0. The van der Waals surface area contributed by atoms with Crippen molar-refractivity contribution in [1.29, 1.82) is 5.26 Å². The van der Waals surface area contributed by atoms with Crippen molar-refractivity contribution in [3.63, 3.8) is 0 Å². The van der Waals surface area contributed by atoms with Gasteiger partial charge < -0.3 is 0 Å². The number of Topliss-reactive ketones (excluding diaryl/α,β-unsaturated/α-hetero) is 1. The molecule has 0 saturated heterocycles. The SMILES string of the molecule is CCC1CC(C(=O)Cn2cc(C#N)cn2)C2(C)CCC3C4CCC(C)CC4CCC3C12. The molecule has 4 saturated carbocycles. The average Bonchev–Trinajstić information content (AvgIpc) is 3.34. The molecule has 5 rings (SSSR count). The van der Waals surface area contributed by atoms with E-state index < -0.39 is 0 Å². The molecule has 0 radical (unpaired) electrons. The van der Waals surface area contributed by atoms with Gasteiger partial charge in [0.1, 0.15) is 6.07 Å². The quantitative estimate of drug-likeness (QED) is 0.611. The fourth-order valence-electron chi connectivity index (χ4n) is 9.07. The van der Waals surface area contributed by atoms with Crippen molar-refractivity contribution in [2.45, 2.75) is 85.1 Å². The van der Waals surface area contributed by atoms with Crippen LogP contribution in [0.5, 0.6) is 0 Å². The number of nitriles is 1. The minimum Gasteiger partial charge on any atom is -0.297 e. The number of hydrogen-bond acceptors (Lipinski definition) is 3. The van der Waals surface area contributed by atoms with Crippen molar-refractivity contribution in [1.82, 2.24) is 9.78 Å². The third-order valence-electron chi connectivity index (χ3n) is 10.3. The second kappa shape index (κ2) is 8.05. The van der Waals surface area contributed by atoms with Crippen molar-refractivity contribution in [2.75, 3.05) is 0 Å². The van der Waals surface area contributed by atoms with Gasteiger partial charge in [-0.05, 0) is 91.8 Å². The molecule has 4 nitrogen and oxygen atoms in total. The van der Waals surface area contributed by atoms with Crippen molar-refractivity contribution in [2.24, 2.45) is 52.8 Å². The van der Waals surface area contributed by atoms with Crippen molar-refractivity contribution < 1.29 is 4.79 Å². The summed E-state index contributed by atoms with van der Waals surface area (Å²) in [4.78, 5) is 13.5. The molecule has 31 heavy (non-hydrogen) atoms. The van der Waals surface area contributed by atoms with Crippen molar-refractivity contribution >= 4 is 5.78 Å². The van der Waals surface area contributed by atoms with Crippen LogP contribution < -0.4 is 0 Å². The van der Waals surface area contributed by atoms with Crippen molar-refractivity contribution in [3.05, 3.63) is 18.0 Å². The molecule has 0 amide bonds. The highest BCUT2D eigenvalue weighted by Gasteiger charge is 2.61. The topological polar surface area (TPSA) is 58.7 Å². The molecule has 0 spiro atoms. The number of fused-ring (bicyclic) bond motifs is 5. The zero-order valence-corrected chi connectivity index (χ0v) is 19.6. The Labute approximate surface area is 187 Å². The molecule has 1 heterocycles. The second-order valence-electron chi connectivity index (χ2n) is 11.8. The van der Waals surface area contributed by atoms with Crippen LogP contribution in [0.3, 0.4) is 0 Å². The lowest BCUT2D eigenvalue weighted by molar-refractivity contribution is -0.131. The molecule has 1 aromatic heterocycles. The molecule has 0 bridgehead atoms. The normalized spacial score (nSPS) is 44.1. The Morgan fingerprint density at radius 1 is 1.19 bits per heavy atom. The first-order chi connectivity index (χ1) is 14.9. The van der Waals surface area contributed by atoms with E-state index in [1.54, 1.807) is 17.1 Å². The van der Waals surface area contributed by atoms with Gasteiger partial charge in [-0.1, -0.05) is 33.6 Å². The Morgan fingerprint density at radius 3 is 2.74 bits per heavy atom. The van der Waals surface area contributed by atoms with E-state index in [-0.39, 0.29) is 11.3 Å². The molecule has 9 atom stereocenters. The standard InChI is InChI=1S/C27H39N3O/c1-4-19-12-24(25(31)16-30-15-18(13-28)14-29-30)27(3)10-9-22-21-7-5-17(2)11-20(21)6-8-23(22)26(19)27/h14-15,17,19-24,26H,4-12,16H2,1-3H3. The largest absolute Gasteiger partial charge is 0.297 e. The number of nitrogens with zero attached hydrogens (tertiary/aromatic N) is 3. The molecule has 4 heteroatoms. The fourth-order valence-corrected chi connectivity index (χ4v) is 9.07. The average molecular weight is 422 g/mol. The molecule has 4 fully saturated rings. The molecule has 9 unspecified atom stereocenters. The summed E-state index contributed by atoms with van der Waals surface area (Å²) < 4.78 is 1.68. The van der Waals surface area contributed by atoms with Crippen LogP contribution in [0, 0.1) is 64.1 Å². The summed E-state index contributed by atoms with van der Waals surface area (Å²) in [6.07, 6.45) is 15.3. The van der Waals surface area contributed by atoms with Gasteiger partial charge in [0.2, 0.25) is 0 Å². The number of aromatic nitrogens is 2. The van der Waals surface area contributed by atoms with Crippen LogP contribution >= 0.6 is 0 Å². The maximum absolute atomic E-state index is 13.5. The van der Waals surface area contributed by atoms with E-state index >= 15 is 0 Å². The van der Waals surface area contributed by atoms with Crippen LogP contribution in [0.4, 0.5) is 0 Å². The highest BCUT2D eigenvalue weighted by Crippen LogP contribution is 2.66.